The SMILES string of the molecule is CC(=O)N1CCN(c2ccc(N3C[C@@H](CON(C)C(=O)S)OC3=O)cc2)CC1. The van der Waals surface area contributed by atoms with Gasteiger partial charge in [-0.2, -0.15) is 0 Å². The highest BCUT2D eigenvalue weighted by molar-refractivity contribution is 7.96. The van der Waals surface area contributed by atoms with E-state index in [1.165, 1.54) is 11.9 Å². The van der Waals surface area contributed by atoms with Gasteiger partial charge in [-0.1, -0.05) is 12.6 Å². The lowest BCUT2D eigenvalue weighted by molar-refractivity contribution is -0.129. The molecule has 1 aromatic carbocycles. The number of rotatable bonds is 5. The zero-order chi connectivity index (χ0) is 20.3. The van der Waals surface area contributed by atoms with Gasteiger partial charge in [0, 0.05) is 51.5 Å². The summed E-state index contributed by atoms with van der Waals surface area (Å²) in [6.07, 6.45) is -0.918. The number of hydrogen-bond donors (Lipinski definition) is 1. The Morgan fingerprint density at radius 3 is 2.36 bits per heavy atom. The van der Waals surface area contributed by atoms with Crippen LogP contribution in [0.3, 0.4) is 0 Å². The van der Waals surface area contributed by atoms with E-state index in [1.54, 1.807) is 6.92 Å². The molecule has 2 aliphatic rings. The van der Waals surface area contributed by atoms with E-state index in [4.69, 9.17) is 9.57 Å². The van der Waals surface area contributed by atoms with E-state index in [2.05, 4.69) is 17.5 Å². The van der Waals surface area contributed by atoms with Crippen molar-refractivity contribution < 1.29 is 24.0 Å². The summed E-state index contributed by atoms with van der Waals surface area (Å²) < 4.78 is 5.29. The molecule has 3 rings (SSSR count). The number of cyclic esters (lactones) is 1. The van der Waals surface area contributed by atoms with E-state index in [9.17, 15) is 14.4 Å². The van der Waals surface area contributed by atoms with Crippen LogP contribution in [0.25, 0.3) is 0 Å². The maximum atomic E-state index is 12.2. The number of ether oxygens (including phenoxy) is 1. The molecular formula is C18H24N4O5S. The molecule has 28 heavy (non-hydrogen) atoms. The van der Waals surface area contributed by atoms with E-state index in [-0.39, 0.29) is 12.5 Å². The first-order valence-electron chi connectivity index (χ1n) is 9.03. The maximum Gasteiger partial charge on any atom is 0.414 e. The maximum absolute atomic E-state index is 12.2. The van der Waals surface area contributed by atoms with Crippen molar-refractivity contribution in [2.45, 2.75) is 13.0 Å². The van der Waals surface area contributed by atoms with Gasteiger partial charge in [-0.15, -0.1) is 0 Å². The van der Waals surface area contributed by atoms with Crippen molar-refractivity contribution in [2.75, 3.05) is 56.2 Å². The first-order valence-corrected chi connectivity index (χ1v) is 9.48. The Hall–Kier alpha value is -2.46. The van der Waals surface area contributed by atoms with E-state index >= 15 is 0 Å². The Labute approximate surface area is 169 Å². The number of thiol groups is 1. The van der Waals surface area contributed by atoms with Crippen LogP contribution in [-0.2, 0) is 14.4 Å². The van der Waals surface area contributed by atoms with Gasteiger partial charge in [0.2, 0.25) is 5.91 Å². The van der Waals surface area contributed by atoms with Crippen molar-refractivity contribution in [3.8, 4) is 0 Å². The van der Waals surface area contributed by atoms with E-state index < -0.39 is 17.4 Å². The quantitative estimate of drug-likeness (QED) is 0.589. The van der Waals surface area contributed by atoms with Crippen molar-refractivity contribution in [3.63, 3.8) is 0 Å². The Morgan fingerprint density at radius 1 is 1.18 bits per heavy atom. The second kappa shape index (κ2) is 8.70. The predicted molar refractivity (Wildman–Crippen MR) is 107 cm³/mol. The molecule has 152 valence electrons. The van der Waals surface area contributed by atoms with Crippen molar-refractivity contribution in [1.29, 1.82) is 0 Å². The lowest BCUT2D eigenvalue weighted by Crippen LogP contribution is -2.48. The van der Waals surface area contributed by atoms with E-state index in [1.807, 2.05) is 29.2 Å². The van der Waals surface area contributed by atoms with Crippen LogP contribution in [0.5, 0.6) is 0 Å². The Bertz CT molecular complexity index is 736. The number of benzene rings is 1. The number of anilines is 2. The van der Waals surface area contributed by atoms with Crippen LogP contribution in [0.15, 0.2) is 24.3 Å². The molecular weight excluding hydrogens is 384 g/mol. The summed E-state index contributed by atoms with van der Waals surface area (Å²) in [5.74, 6) is 0.103. The van der Waals surface area contributed by atoms with Crippen molar-refractivity contribution in [1.82, 2.24) is 9.96 Å². The van der Waals surface area contributed by atoms with Crippen LogP contribution in [0.2, 0.25) is 0 Å². The van der Waals surface area contributed by atoms with Gasteiger partial charge in [0.1, 0.15) is 12.7 Å². The van der Waals surface area contributed by atoms with Gasteiger partial charge in [-0.05, 0) is 24.3 Å². The number of hydrogen-bond acceptors (Lipinski definition) is 6. The summed E-state index contributed by atoms with van der Waals surface area (Å²) in [5.41, 5.74) is 1.78. The molecule has 2 aliphatic heterocycles. The fourth-order valence-electron chi connectivity index (χ4n) is 3.19. The molecule has 0 unspecified atom stereocenters. The third-order valence-electron chi connectivity index (χ3n) is 4.85. The molecule has 9 nitrogen and oxygen atoms in total. The summed E-state index contributed by atoms with van der Waals surface area (Å²) in [5, 5.41) is 0.459. The number of piperazine rings is 1. The third kappa shape index (κ3) is 4.68. The van der Waals surface area contributed by atoms with Crippen molar-refractivity contribution >= 4 is 41.2 Å². The Kier molecular flexibility index (Phi) is 6.30. The molecule has 0 radical (unpaired) electrons. The van der Waals surface area contributed by atoms with Gasteiger partial charge in [0.05, 0.1) is 6.54 Å². The van der Waals surface area contributed by atoms with Crippen LogP contribution in [0.1, 0.15) is 6.92 Å². The predicted octanol–water partition coefficient (Wildman–Crippen LogP) is 1.59. The summed E-state index contributed by atoms with van der Waals surface area (Å²) in [6, 6.07) is 7.67. The lowest BCUT2D eigenvalue weighted by Gasteiger charge is -2.35. The van der Waals surface area contributed by atoms with E-state index in [0.29, 0.717) is 19.6 Å². The monoisotopic (exact) mass is 408 g/mol. The summed E-state index contributed by atoms with van der Waals surface area (Å²) in [7, 11) is 1.44. The molecule has 1 aromatic rings. The molecule has 2 fully saturated rings. The van der Waals surface area contributed by atoms with E-state index in [0.717, 1.165) is 29.5 Å². The summed E-state index contributed by atoms with van der Waals surface area (Å²) >= 11 is 3.65. The number of carbonyl (C=O) groups excluding carboxylic acids is 3. The van der Waals surface area contributed by atoms with Gasteiger partial charge in [0.15, 0.2) is 0 Å². The fourth-order valence-corrected chi connectivity index (χ4v) is 3.25. The van der Waals surface area contributed by atoms with Crippen molar-refractivity contribution in [3.05, 3.63) is 24.3 Å². The molecule has 0 N–H and O–H groups in total. The molecule has 3 amide bonds. The highest BCUT2D eigenvalue weighted by Crippen LogP contribution is 2.25. The van der Waals surface area contributed by atoms with Gasteiger partial charge in [0.25, 0.3) is 0 Å². The zero-order valence-electron chi connectivity index (χ0n) is 15.9. The van der Waals surface area contributed by atoms with Crippen LogP contribution >= 0.6 is 12.6 Å². The standard InChI is InChI=1S/C18H24N4O5S/c1-13(23)20-7-9-21(10-8-20)14-3-5-15(6-4-14)22-11-16(27-17(22)24)12-26-19(2)18(25)28/h3-6,16H,7-12H2,1-2H3,(H,25,28)/t16-/m0/s1. The minimum Gasteiger partial charge on any atom is -0.441 e. The molecule has 0 aromatic heterocycles. The molecule has 0 saturated carbocycles. The average Bonchev–Trinajstić information content (AvgIpc) is 3.06. The second-order valence-electron chi connectivity index (χ2n) is 6.70. The minimum absolute atomic E-state index is 0.0730. The zero-order valence-corrected chi connectivity index (χ0v) is 16.8. The molecule has 10 heteroatoms. The topological polar surface area (TPSA) is 82.6 Å². The average molecular weight is 408 g/mol. The largest absolute Gasteiger partial charge is 0.441 e. The second-order valence-corrected chi connectivity index (χ2v) is 7.08. The van der Waals surface area contributed by atoms with Crippen LogP contribution < -0.4 is 9.80 Å². The summed E-state index contributed by atoms with van der Waals surface area (Å²) in [4.78, 5) is 45.4. The van der Waals surface area contributed by atoms with Gasteiger partial charge < -0.3 is 14.5 Å². The van der Waals surface area contributed by atoms with Gasteiger partial charge in [-0.25, -0.2) is 9.86 Å². The van der Waals surface area contributed by atoms with Crippen LogP contribution in [0.4, 0.5) is 21.0 Å². The smallest absolute Gasteiger partial charge is 0.414 e. The number of carbonyl (C=O) groups is 3. The highest BCUT2D eigenvalue weighted by Gasteiger charge is 2.33. The van der Waals surface area contributed by atoms with Gasteiger partial charge in [-0.3, -0.25) is 19.3 Å². The molecule has 0 spiro atoms. The third-order valence-corrected chi connectivity index (χ3v) is 5.13. The first-order chi connectivity index (χ1) is 13.3. The van der Waals surface area contributed by atoms with Crippen molar-refractivity contribution in [2.24, 2.45) is 0 Å². The molecule has 2 saturated heterocycles. The minimum atomic E-state index is -0.527. The molecule has 2 heterocycles. The normalized spacial score (nSPS) is 19.6. The van der Waals surface area contributed by atoms with Crippen LogP contribution in [-0.4, -0.2) is 79.7 Å². The molecule has 0 aliphatic carbocycles. The first kappa shape index (κ1) is 20.3. The Balaban J connectivity index is 1.55. The Morgan fingerprint density at radius 2 is 1.79 bits per heavy atom. The number of amides is 3. The number of nitrogens with zero attached hydrogens (tertiary/aromatic N) is 4. The molecule has 1 atom stereocenters. The number of hydroxylamine groups is 2. The highest BCUT2D eigenvalue weighted by atomic mass is 32.1. The van der Waals surface area contributed by atoms with Crippen LogP contribution in [0, 0.1) is 0 Å². The fraction of sp³-hybridized carbons (Fsp3) is 0.500. The van der Waals surface area contributed by atoms with Gasteiger partial charge >= 0.3 is 11.3 Å². The summed E-state index contributed by atoms with van der Waals surface area (Å²) in [6.45, 7) is 4.98. The lowest BCUT2D eigenvalue weighted by atomic mass is 10.2. The molecule has 0 bridgehead atoms.